The summed E-state index contributed by atoms with van der Waals surface area (Å²) >= 11 is 0. The third-order valence-corrected chi connectivity index (χ3v) is 3.07. The quantitative estimate of drug-likeness (QED) is 0.502. The maximum atomic E-state index is 10.6. The SMILES string of the molecule is CN(CCO)c1ccc(N=Nc2ccc([N+](=O)[O-])cc2)cc1. The number of likely N-dealkylation sites (N-methyl/N-ethyl adjacent to an activating group) is 1. The Morgan fingerprint density at radius 1 is 1.05 bits per heavy atom. The van der Waals surface area contributed by atoms with Gasteiger partial charge in [0.2, 0.25) is 0 Å². The van der Waals surface area contributed by atoms with Crippen molar-refractivity contribution in [3.63, 3.8) is 0 Å². The second kappa shape index (κ2) is 7.28. The van der Waals surface area contributed by atoms with Crippen LogP contribution in [0.1, 0.15) is 0 Å². The van der Waals surface area contributed by atoms with Gasteiger partial charge in [0, 0.05) is 31.4 Å². The van der Waals surface area contributed by atoms with E-state index in [1.165, 1.54) is 12.1 Å². The fourth-order valence-corrected chi connectivity index (χ4v) is 1.81. The van der Waals surface area contributed by atoms with Gasteiger partial charge in [-0.1, -0.05) is 0 Å². The van der Waals surface area contributed by atoms with Gasteiger partial charge in [0.05, 0.1) is 22.9 Å². The van der Waals surface area contributed by atoms with Gasteiger partial charge in [-0.05, 0) is 36.4 Å². The van der Waals surface area contributed by atoms with E-state index in [1.807, 2.05) is 36.2 Å². The normalized spacial score (nSPS) is 10.8. The Kier molecular flexibility index (Phi) is 5.16. The highest BCUT2D eigenvalue weighted by molar-refractivity contribution is 5.52. The van der Waals surface area contributed by atoms with Crippen molar-refractivity contribution in [2.45, 2.75) is 0 Å². The lowest BCUT2D eigenvalue weighted by Gasteiger charge is -2.17. The van der Waals surface area contributed by atoms with Crippen LogP contribution >= 0.6 is 0 Å². The van der Waals surface area contributed by atoms with Crippen LogP contribution in [0.25, 0.3) is 0 Å². The zero-order valence-electron chi connectivity index (χ0n) is 12.1. The molecule has 0 aliphatic heterocycles. The molecule has 0 radical (unpaired) electrons. The molecule has 0 spiro atoms. The summed E-state index contributed by atoms with van der Waals surface area (Å²) in [6.07, 6.45) is 0. The molecule has 0 amide bonds. The second-order valence-corrected chi connectivity index (χ2v) is 4.64. The lowest BCUT2D eigenvalue weighted by Crippen LogP contribution is -2.20. The number of anilines is 1. The molecule has 2 aromatic carbocycles. The van der Waals surface area contributed by atoms with E-state index in [0.29, 0.717) is 17.9 Å². The average molecular weight is 300 g/mol. The molecule has 0 bridgehead atoms. The minimum atomic E-state index is -0.456. The van der Waals surface area contributed by atoms with Crippen LogP contribution < -0.4 is 4.90 Å². The first-order chi connectivity index (χ1) is 10.6. The molecule has 0 aliphatic carbocycles. The molecule has 114 valence electrons. The first-order valence-electron chi connectivity index (χ1n) is 6.68. The largest absolute Gasteiger partial charge is 0.395 e. The van der Waals surface area contributed by atoms with Crippen molar-refractivity contribution in [1.82, 2.24) is 0 Å². The van der Waals surface area contributed by atoms with Gasteiger partial charge < -0.3 is 10.0 Å². The molecule has 2 rings (SSSR count). The molecule has 0 heterocycles. The smallest absolute Gasteiger partial charge is 0.269 e. The highest BCUT2D eigenvalue weighted by Gasteiger charge is 2.03. The molecule has 0 unspecified atom stereocenters. The van der Waals surface area contributed by atoms with Gasteiger partial charge in [-0.15, -0.1) is 0 Å². The van der Waals surface area contributed by atoms with Gasteiger partial charge in [0.25, 0.3) is 5.69 Å². The molecule has 0 aliphatic rings. The van der Waals surface area contributed by atoms with Crippen LogP contribution in [-0.2, 0) is 0 Å². The summed E-state index contributed by atoms with van der Waals surface area (Å²) in [7, 11) is 1.89. The molecule has 0 saturated heterocycles. The molecule has 1 N–H and O–H groups in total. The number of aliphatic hydroxyl groups excluding tert-OH is 1. The number of hydrogen-bond donors (Lipinski definition) is 1. The van der Waals surface area contributed by atoms with Crippen molar-refractivity contribution in [3.05, 3.63) is 58.6 Å². The third kappa shape index (κ3) is 4.10. The molecule has 0 atom stereocenters. The van der Waals surface area contributed by atoms with Crippen molar-refractivity contribution in [3.8, 4) is 0 Å². The standard InChI is InChI=1S/C15H16N4O3/c1-18(10-11-20)14-6-2-12(3-7-14)16-17-13-4-8-15(9-5-13)19(21)22/h2-9,20H,10-11H2,1H3. The van der Waals surface area contributed by atoms with Gasteiger partial charge >= 0.3 is 0 Å². The Labute approximate surface area is 127 Å². The first-order valence-corrected chi connectivity index (χ1v) is 6.68. The minimum absolute atomic E-state index is 0.0234. The van der Waals surface area contributed by atoms with Crippen molar-refractivity contribution >= 4 is 22.7 Å². The van der Waals surface area contributed by atoms with Crippen LogP contribution in [0.5, 0.6) is 0 Å². The number of nitro groups is 1. The molecule has 7 heteroatoms. The number of nitro benzene ring substituents is 1. The molecule has 0 saturated carbocycles. The summed E-state index contributed by atoms with van der Waals surface area (Å²) in [5.74, 6) is 0. The first kappa shape index (κ1) is 15.6. The van der Waals surface area contributed by atoms with Crippen LogP contribution in [0.3, 0.4) is 0 Å². The average Bonchev–Trinajstić information content (AvgIpc) is 2.54. The summed E-state index contributed by atoms with van der Waals surface area (Å²) in [5, 5.41) is 27.6. The van der Waals surface area contributed by atoms with Crippen LogP contribution in [0.15, 0.2) is 58.8 Å². The van der Waals surface area contributed by atoms with E-state index in [0.717, 1.165) is 5.69 Å². The number of rotatable bonds is 6. The van der Waals surface area contributed by atoms with E-state index in [4.69, 9.17) is 5.11 Å². The van der Waals surface area contributed by atoms with Gasteiger partial charge in [-0.3, -0.25) is 10.1 Å². The number of hydrogen-bond acceptors (Lipinski definition) is 6. The van der Waals surface area contributed by atoms with Crippen molar-refractivity contribution < 1.29 is 10.0 Å². The molecule has 2 aromatic rings. The van der Waals surface area contributed by atoms with Crippen molar-refractivity contribution in [2.24, 2.45) is 10.2 Å². The van der Waals surface area contributed by atoms with Crippen LogP contribution in [-0.4, -0.2) is 30.2 Å². The van der Waals surface area contributed by atoms with E-state index < -0.39 is 4.92 Å². The molecule has 22 heavy (non-hydrogen) atoms. The predicted molar refractivity (Wildman–Crippen MR) is 84.1 cm³/mol. The summed E-state index contributed by atoms with van der Waals surface area (Å²) in [6.45, 7) is 0.655. The number of aliphatic hydroxyl groups is 1. The topological polar surface area (TPSA) is 91.3 Å². The third-order valence-electron chi connectivity index (χ3n) is 3.07. The van der Waals surface area contributed by atoms with Crippen LogP contribution in [0.2, 0.25) is 0 Å². The van der Waals surface area contributed by atoms with Gasteiger partial charge in [-0.25, -0.2) is 0 Å². The summed E-state index contributed by atoms with van der Waals surface area (Å²) in [6, 6.07) is 13.3. The molecule has 0 fully saturated rings. The Morgan fingerprint density at radius 2 is 1.55 bits per heavy atom. The lowest BCUT2D eigenvalue weighted by molar-refractivity contribution is -0.384. The van der Waals surface area contributed by atoms with Crippen molar-refractivity contribution in [2.75, 3.05) is 25.1 Å². The number of nitrogens with zero attached hydrogens (tertiary/aromatic N) is 4. The number of azo groups is 1. The van der Waals surface area contributed by atoms with Gasteiger partial charge in [0.1, 0.15) is 0 Å². The fraction of sp³-hybridized carbons (Fsp3) is 0.200. The minimum Gasteiger partial charge on any atom is -0.395 e. The summed E-state index contributed by atoms with van der Waals surface area (Å²) in [4.78, 5) is 12.0. The van der Waals surface area contributed by atoms with E-state index in [2.05, 4.69) is 10.2 Å². The lowest BCUT2D eigenvalue weighted by atomic mass is 10.2. The Balaban J connectivity index is 2.05. The highest BCUT2D eigenvalue weighted by atomic mass is 16.6. The van der Waals surface area contributed by atoms with Gasteiger partial charge in [0.15, 0.2) is 0 Å². The zero-order valence-corrected chi connectivity index (χ0v) is 12.1. The van der Waals surface area contributed by atoms with Crippen molar-refractivity contribution in [1.29, 1.82) is 0 Å². The highest BCUT2D eigenvalue weighted by Crippen LogP contribution is 2.23. The second-order valence-electron chi connectivity index (χ2n) is 4.64. The van der Waals surface area contributed by atoms with Crippen LogP contribution in [0.4, 0.5) is 22.7 Å². The van der Waals surface area contributed by atoms with E-state index >= 15 is 0 Å². The number of non-ortho nitro benzene ring substituents is 1. The Hall–Kier alpha value is -2.80. The molecular formula is C15H16N4O3. The molecule has 7 nitrogen and oxygen atoms in total. The Morgan fingerprint density at radius 3 is 2.00 bits per heavy atom. The molecule has 0 aromatic heterocycles. The monoisotopic (exact) mass is 300 g/mol. The summed E-state index contributed by atoms with van der Waals surface area (Å²) < 4.78 is 0. The van der Waals surface area contributed by atoms with E-state index in [9.17, 15) is 10.1 Å². The maximum absolute atomic E-state index is 10.6. The Bertz CT molecular complexity index is 653. The van der Waals surface area contributed by atoms with E-state index in [-0.39, 0.29) is 12.3 Å². The summed E-state index contributed by atoms with van der Waals surface area (Å²) in [5.41, 5.74) is 2.23. The predicted octanol–water partition coefficient (Wildman–Crippen LogP) is 3.44. The van der Waals surface area contributed by atoms with Crippen LogP contribution in [0, 0.1) is 10.1 Å². The zero-order chi connectivity index (χ0) is 15.9. The van der Waals surface area contributed by atoms with E-state index in [1.54, 1.807) is 12.1 Å². The maximum Gasteiger partial charge on any atom is 0.269 e. The fourth-order valence-electron chi connectivity index (χ4n) is 1.81. The number of benzene rings is 2. The van der Waals surface area contributed by atoms with Gasteiger partial charge in [-0.2, -0.15) is 10.2 Å². The molecular weight excluding hydrogens is 284 g/mol.